The van der Waals surface area contributed by atoms with E-state index in [9.17, 15) is 4.79 Å². The maximum Gasteiger partial charge on any atom is 0.312 e. The summed E-state index contributed by atoms with van der Waals surface area (Å²) < 4.78 is 11.0. The van der Waals surface area contributed by atoms with Crippen LogP contribution in [-0.2, 0) is 16.1 Å². The van der Waals surface area contributed by atoms with Crippen LogP contribution >= 0.6 is 11.3 Å². The average molecular weight is 343 g/mol. The molecule has 4 aliphatic carbocycles. The molecule has 0 aromatic carbocycles. The lowest BCUT2D eigenvalue weighted by molar-refractivity contribution is -0.173. The quantitative estimate of drug-likeness (QED) is 0.758. The Kier molecular flexibility index (Phi) is 3.34. The molecule has 0 amide bonds. The second-order valence-electron chi connectivity index (χ2n) is 7.93. The molecule has 5 heteroatoms. The van der Waals surface area contributed by atoms with Crippen LogP contribution in [0.25, 0.3) is 10.6 Å². The van der Waals surface area contributed by atoms with Gasteiger partial charge in [0.2, 0.25) is 0 Å². The number of nitrogens with zero attached hydrogens (tertiary/aromatic N) is 1. The monoisotopic (exact) mass is 343 g/mol. The number of ether oxygens (including phenoxy) is 1. The molecule has 4 bridgehead atoms. The maximum absolute atomic E-state index is 12.8. The predicted molar refractivity (Wildman–Crippen MR) is 90.2 cm³/mol. The largest absolute Gasteiger partial charge is 0.459 e. The predicted octanol–water partition coefficient (Wildman–Crippen LogP) is 4.66. The standard InChI is InChI=1S/C19H21NO3S/c21-18(19-8-12-4-13(9-19)6-14(5-12)10-19)22-11-15-7-16(23-20-15)17-2-1-3-24-17/h1-3,7,12-14H,4-6,8-11H2. The van der Waals surface area contributed by atoms with Crippen LogP contribution in [0.1, 0.15) is 44.2 Å². The van der Waals surface area contributed by atoms with Gasteiger partial charge in [-0.1, -0.05) is 11.2 Å². The summed E-state index contributed by atoms with van der Waals surface area (Å²) in [5.41, 5.74) is 0.492. The molecule has 126 valence electrons. The lowest BCUT2D eigenvalue weighted by atomic mass is 9.49. The van der Waals surface area contributed by atoms with E-state index in [1.54, 1.807) is 11.3 Å². The van der Waals surface area contributed by atoms with E-state index in [1.165, 1.54) is 19.3 Å². The summed E-state index contributed by atoms with van der Waals surface area (Å²) in [7, 11) is 0. The van der Waals surface area contributed by atoms with E-state index in [1.807, 2.05) is 23.6 Å². The van der Waals surface area contributed by atoms with Gasteiger partial charge in [0.15, 0.2) is 5.76 Å². The van der Waals surface area contributed by atoms with Gasteiger partial charge < -0.3 is 9.26 Å². The molecule has 2 aromatic rings. The molecule has 0 atom stereocenters. The molecule has 4 aliphatic rings. The van der Waals surface area contributed by atoms with Crippen LogP contribution in [0.3, 0.4) is 0 Å². The molecule has 24 heavy (non-hydrogen) atoms. The van der Waals surface area contributed by atoms with Crippen molar-refractivity contribution in [2.45, 2.75) is 45.1 Å². The van der Waals surface area contributed by atoms with Crippen molar-refractivity contribution in [1.29, 1.82) is 0 Å². The van der Waals surface area contributed by atoms with Gasteiger partial charge in [0.1, 0.15) is 12.3 Å². The molecule has 2 aromatic heterocycles. The molecule has 0 spiro atoms. The van der Waals surface area contributed by atoms with E-state index >= 15 is 0 Å². The smallest absolute Gasteiger partial charge is 0.312 e. The highest BCUT2D eigenvalue weighted by Crippen LogP contribution is 2.60. The highest BCUT2D eigenvalue weighted by atomic mass is 32.1. The Morgan fingerprint density at radius 2 is 1.96 bits per heavy atom. The van der Waals surface area contributed by atoms with E-state index in [2.05, 4.69) is 5.16 Å². The first-order chi connectivity index (χ1) is 11.7. The second kappa shape index (κ2) is 5.45. The third-order valence-corrected chi connectivity index (χ3v) is 7.03. The Balaban J connectivity index is 1.26. The molecule has 4 nitrogen and oxygen atoms in total. The number of thiophene rings is 1. The lowest BCUT2D eigenvalue weighted by Crippen LogP contribution is -2.50. The zero-order valence-electron chi connectivity index (χ0n) is 13.6. The van der Waals surface area contributed by atoms with Crippen LogP contribution < -0.4 is 0 Å². The molecule has 0 aliphatic heterocycles. The molecular formula is C19H21NO3S. The molecule has 2 heterocycles. The summed E-state index contributed by atoms with van der Waals surface area (Å²) in [6, 6.07) is 5.85. The SMILES string of the molecule is O=C(OCc1cc(-c2cccs2)on1)C12CC3CC(CC(C3)C1)C2. The number of carbonyl (C=O) groups excluding carboxylic acids is 1. The topological polar surface area (TPSA) is 52.3 Å². The summed E-state index contributed by atoms with van der Waals surface area (Å²) in [5.74, 6) is 3.00. The lowest BCUT2D eigenvalue weighted by Gasteiger charge is -2.55. The van der Waals surface area contributed by atoms with Gasteiger partial charge in [-0.15, -0.1) is 11.3 Å². The fourth-order valence-corrected chi connectivity index (χ4v) is 6.24. The summed E-state index contributed by atoms with van der Waals surface area (Å²) in [6.45, 7) is 0.218. The summed E-state index contributed by atoms with van der Waals surface area (Å²) >= 11 is 1.61. The van der Waals surface area contributed by atoms with Gasteiger partial charge in [-0.2, -0.15) is 0 Å². The van der Waals surface area contributed by atoms with Gasteiger partial charge in [-0.05, 0) is 67.7 Å². The van der Waals surface area contributed by atoms with Crippen LogP contribution in [0.15, 0.2) is 28.1 Å². The van der Waals surface area contributed by atoms with Crippen LogP contribution in [0.5, 0.6) is 0 Å². The van der Waals surface area contributed by atoms with Gasteiger partial charge in [-0.3, -0.25) is 4.79 Å². The van der Waals surface area contributed by atoms with E-state index in [0.29, 0.717) is 5.69 Å². The fraction of sp³-hybridized carbons (Fsp3) is 0.579. The highest BCUT2D eigenvalue weighted by Gasteiger charge is 2.55. The average Bonchev–Trinajstić information content (AvgIpc) is 3.22. The molecular weight excluding hydrogens is 322 g/mol. The Bertz CT molecular complexity index is 713. The van der Waals surface area contributed by atoms with Crippen molar-refractivity contribution in [2.24, 2.45) is 23.2 Å². The molecule has 0 N–H and O–H groups in total. The first-order valence-electron chi connectivity index (χ1n) is 8.87. The molecule has 0 radical (unpaired) electrons. The fourth-order valence-electron chi connectivity index (χ4n) is 5.57. The minimum Gasteiger partial charge on any atom is -0.459 e. The van der Waals surface area contributed by atoms with Gasteiger partial charge in [-0.25, -0.2) is 0 Å². The molecule has 6 rings (SSSR count). The third kappa shape index (κ3) is 2.41. The summed E-state index contributed by atoms with van der Waals surface area (Å²) in [6.07, 6.45) is 7.12. The molecule has 0 unspecified atom stereocenters. The first kappa shape index (κ1) is 14.7. The van der Waals surface area contributed by atoms with Crippen LogP contribution in [0, 0.1) is 23.2 Å². The van der Waals surface area contributed by atoms with Gasteiger partial charge in [0.05, 0.1) is 10.3 Å². The van der Waals surface area contributed by atoms with Crippen LogP contribution in [-0.4, -0.2) is 11.1 Å². The number of hydrogen-bond acceptors (Lipinski definition) is 5. The Morgan fingerprint density at radius 3 is 2.58 bits per heavy atom. The van der Waals surface area contributed by atoms with Crippen molar-refractivity contribution in [3.63, 3.8) is 0 Å². The molecule has 0 saturated heterocycles. The van der Waals surface area contributed by atoms with E-state index < -0.39 is 0 Å². The van der Waals surface area contributed by atoms with Gasteiger partial charge in [0.25, 0.3) is 0 Å². The van der Waals surface area contributed by atoms with Crippen molar-refractivity contribution < 1.29 is 14.1 Å². The van der Waals surface area contributed by atoms with Crippen LogP contribution in [0.2, 0.25) is 0 Å². The van der Waals surface area contributed by atoms with E-state index in [-0.39, 0.29) is 18.0 Å². The van der Waals surface area contributed by atoms with E-state index in [4.69, 9.17) is 9.26 Å². The number of aromatic nitrogens is 1. The second-order valence-corrected chi connectivity index (χ2v) is 8.88. The van der Waals surface area contributed by atoms with E-state index in [0.717, 1.165) is 47.7 Å². The first-order valence-corrected chi connectivity index (χ1v) is 9.75. The van der Waals surface area contributed by atoms with Gasteiger partial charge in [0, 0.05) is 6.07 Å². The van der Waals surface area contributed by atoms with Crippen LogP contribution in [0.4, 0.5) is 0 Å². The van der Waals surface area contributed by atoms with Crippen molar-refractivity contribution in [1.82, 2.24) is 5.16 Å². The number of rotatable bonds is 4. The van der Waals surface area contributed by atoms with Gasteiger partial charge >= 0.3 is 5.97 Å². The number of carbonyl (C=O) groups is 1. The summed E-state index contributed by atoms with van der Waals surface area (Å²) in [4.78, 5) is 13.9. The zero-order valence-corrected chi connectivity index (χ0v) is 14.4. The van der Waals surface area contributed by atoms with Crippen molar-refractivity contribution in [2.75, 3.05) is 0 Å². The molecule has 4 saturated carbocycles. The Morgan fingerprint density at radius 1 is 1.25 bits per heavy atom. The minimum atomic E-state index is -0.199. The Hall–Kier alpha value is -1.62. The number of hydrogen-bond donors (Lipinski definition) is 0. The van der Waals surface area contributed by atoms with Crippen molar-refractivity contribution >= 4 is 17.3 Å². The summed E-state index contributed by atoms with van der Waals surface area (Å²) in [5, 5.41) is 6.05. The highest BCUT2D eigenvalue weighted by molar-refractivity contribution is 7.13. The third-order valence-electron chi connectivity index (χ3n) is 6.15. The molecule has 4 fully saturated rings. The Labute approximate surface area is 145 Å². The zero-order chi connectivity index (χ0) is 16.1. The van der Waals surface area contributed by atoms with Crippen molar-refractivity contribution in [3.8, 4) is 10.6 Å². The number of esters is 1. The maximum atomic E-state index is 12.8. The minimum absolute atomic E-state index is 0.00211. The van der Waals surface area contributed by atoms with Crippen molar-refractivity contribution in [3.05, 3.63) is 29.3 Å². The normalized spacial score (nSPS) is 33.8.